The summed E-state index contributed by atoms with van der Waals surface area (Å²) in [5.41, 5.74) is 2.94. The van der Waals surface area contributed by atoms with E-state index >= 15 is 0 Å². The minimum atomic E-state index is 0.538. The lowest BCUT2D eigenvalue weighted by molar-refractivity contribution is 0.177. The van der Waals surface area contributed by atoms with E-state index in [1.165, 1.54) is 30.4 Å². The molecule has 0 bridgehead atoms. The highest BCUT2D eigenvalue weighted by molar-refractivity contribution is 5.29. The van der Waals surface area contributed by atoms with Crippen molar-refractivity contribution in [1.82, 2.24) is 5.32 Å². The molecule has 0 radical (unpaired) electrons. The Balaban J connectivity index is 2.22. The van der Waals surface area contributed by atoms with E-state index in [4.69, 9.17) is 0 Å². The predicted octanol–water partition coefficient (Wildman–Crippen LogP) is 4.72. The van der Waals surface area contributed by atoms with Crippen LogP contribution in [-0.2, 0) is 0 Å². The van der Waals surface area contributed by atoms with E-state index in [1.807, 2.05) is 0 Å². The van der Waals surface area contributed by atoms with Crippen LogP contribution in [0.25, 0.3) is 0 Å². The average Bonchev–Trinajstić information content (AvgIpc) is 2.36. The van der Waals surface area contributed by atoms with Gasteiger partial charge in [-0.3, -0.25) is 0 Å². The monoisotopic (exact) mass is 259 g/mol. The quantitative estimate of drug-likeness (QED) is 0.825. The van der Waals surface area contributed by atoms with Gasteiger partial charge in [0.25, 0.3) is 0 Å². The Labute approximate surface area is 118 Å². The molecule has 0 spiro atoms. The second-order valence-electron chi connectivity index (χ2n) is 6.57. The Hall–Kier alpha value is -0.820. The van der Waals surface area contributed by atoms with Gasteiger partial charge in [-0.05, 0) is 61.6 Å². The first kappa shape index (κ1) is 14.6. The van der Waals surface area contributed by atoms with Gasteiger partial charge < -0.3 is 5.32 Å². The van der Waals surface area contributed by atoms with Crippen LogP contribution in [0.15, 0.2) is 24.3 Å². The fraction of sp³-hybridized carbons (Fsp3) is 0.667. The molecule has 1 aliphatic carbocycles. The maximum absolute atomic E-state index is 3.75. The van der Waals surface area contributed by atoms with E-state index in [2.05, 4.69) is 57.3 Å². The van der Waals surface area contributed by atoms with Gasteiger partial charge in [0.2, 0.25) is 0 Å². The minimum Gasteiger partial charge on any atom is -0.310 e. The molecule has 3 unspecified atom stereocenters. The van der Waals surface area contributed by atoms with Crippen molar-refractivity contribution >= 4 is 0 Å². The number of hydrogen-bond acceptors (Lipinski definition) is 1. The first-order valence-electron chi connectivity index (χ1n) is 7.90. The summed E-state index contributed by atoms with van der Waals surface area (Å²) in [5.74, 6) is 2.54. The number of nitrogens with one attached hydrogen (secondary N) is 1. The third kappa shape index (κ3) is 3.60. The van der Waals surface area contributed by atoms with Gasteiger partial charge in [0.05, 0.1) is 0 Å². The Morgan fingerprint density at radius 1 is 1.11 bits per heavy atom. The van der Waals surface area contributed by atoms with E-state index in [0.717, 1.165) is 24.3 Å². The summed E-state index contributed by atoms with van der Waals surface area (Å²) < 4.78 is 0. The molecule has 1 nitrogen and oxygen atoms in total. The van der Waals surface area contributed by atoms with Crippen molar-refractivity contribution in [3.05, 3.63) is 35.4 Å². The molecule has 0 aromatic heterocycles. The molecular formula is C18H29N. The molecule has 106 valence electrons. The molecule has 1 aliphatic rings. The van der Waals surface area contributed by atoms with Crippen LogP contribution in [0.3, 0.4) is 0 Å². The van der Waals surface area contributed by atoms with Crippen LogP contribution < -0.4 is 5.32 Å². The van der Waals surface area contributed by atoms with Crippen LogP contribution in [0.1, 0.15) is 57.2 Å². The Bertz CT molecular complexity index is 388. The number of benzene rings is 1. The fourth-order valence-corrected chi connectivity index (χ4v) is 3.97. The van der Waals surface area contributed by atoms with Crippen molar-refractivity contribution in [2.75, 3.05) is 6.54 Å². The number of hydrogen-bond donors (Lipinski definition) is 1. The highest BCUT2D eigenvalue weighted by atomic mass is 14.9. The third-order valence-corrected chi connectivity index (χ3v) is 4.63. The first-order valence-corrected chi connectivity index (χ1v) is 7.90. The van der Waals surface area contributed by atoms with Crippen molar-refractivity contribution in [3.63, 3.8) is 0 Å². The van der Waals surface area contributed by atoms with Crippen LogP contribution in [0.4, 0.5) is 0 Å². The standard InChI is InChI=1S/C18H29N/c1-5-19-18(17-9-7-6-8-15(17)4)16-11-13(2)10-14(3)12-16/h6-9,13-14,16,18-19H,5,10-12H2,1-4H3. The third-order valence-electron chi connectivity index (χ3n) is 4.63. The topological polar surface area (TPSA) is 12.0 Å². The maximum Gasteiger partial charge on any atom is 0.0351 e. The maximum atomic E-state index is 3.75. The summed E-state index contributed by atoms with van der Waals surface area (Å²) in [6.07, 6.45) is 4.15. The molecule has 0 saturated heterocycles. The minimum absolute atomic E-state index is 0.538. The second-order valence-corrected chi connectivity index (χ2v) is 6.57. The lowest BCUT2D eigenvalue weighted by Gasteiger charge is -2.37. The number of rotatable bonds is 4. The van der Waals surface area contributed by atoms with Gasteiger partial charge in [0.1, 0.15) is 0 Å². The van der Waals surface area contributed by atoms with Gasteiger partial charge >= 0.3 is 0 Å². The molecule has 1 fully saturated rings. The Morgan fingerprint density at radius 3 is 2.32 bits per heavy atom. The van der Waals surface area contributed by atoms with Gasteiger partial charge in [-0.15, -0.1) is 0 Å². The van der Waals surface area contributed by atoms with E-state index in [9.17, 15) is 0 Å². The van der Waals surface area contributed by atoms with Gasteiger partial charge in [-0.25, -0.2) is 0 Å². The fourth-order valence-electron chi connectivity index (χ4n) is 3.97. The molecule has 2 rings (SSSR count). The van der Waals surface area contributed by atoms with E-state index in [-0.39, 0.29) is 0 Å². The van der Waals surface area contributed by atoms with E-state index in [1.54, 1.807) is 0 Å². The van der Waals surface area contributed by atoms with Crippen LogP contribution >= 0.6 is 0 Å². The lowest BCUT2D eigenvalue weighted by atomic mass is 9.72. The largest absolute Gasteiger partial charge is 0.310 e. The Morgan fingerprint density at radius 2 is 1.74 bits per heavy atom. The molecule has 1 heteroatoms. The van der Waals surface area contributed by atoms with Crippen LogP contribution in [0, 0.1) is 24.7 Å². The van der Waals surface area contributed by atoms with Gasteiger partial charge in [0, 0.05) is 6.04 Å². The zero-order chi connectivity index (χ0) is 13.8. The molecule has 3 atom stereocenters. The molecule has 1 N–H and O–H groups in total. The molecule has 0 heterocycles. The molecule has 19 heavy (non-hydrogen) atoms. The molecule has 1 aromatic carbocycles. The van der Waals surface area contributed by atoms with Crippen LogP contribution in [0.2, 0.25) is 0 Å². The van der Waals surface area contributed by atoms with Crippen molar-refractivity contribution in [1.29, 1.82) is 0 Å². The highest BCUT2D eigenvalue weighted by Gasteiger charge is 2.30. The van der Waals surface area contributed by atoms with Crippen molar-refractivity contribution in [3.8, 4) is 0 Å². The number of aryl methyl sites for hydroxylation is 1. The predicted molar refractivity (Wildman–Crippen MR) is 83.3 cm³/mol. The average molecular weight is 259 g/mol. The van der Waals surface area contributed by atoms with E-state index in [0.29, 0.717) is 6.04 Å². The molecular weight excluding hydrogens is 230 g/mol. The molecule has 1 saturated carbocycles. The zero-order valence-electron chi connectivity index (χ0n) is 12.9. The molecule has 0 aliphatic heterocycles. The molecule has 1 aromatic rings. The smallest absolute Gasteiger partial charge is 0.0351 e. The summed E-state index contributed by atoms with van der Waals surface area (Å²) in [7, 11) is 0. The zero-order valence-corrected chi connectivity index (χ0v) is 12.9. The van der Waals surface area contributed by atoms with Crippen LogP contribution in [-0.4, -0.2) is 6.54 Å². The van der Waals surface area contributed by atoms with Crippen LogP contribution in [0.5, 0.6) is 0 Å². The first-order chi connectivity index (χ1) is 9.11. The van der Waals surface area contributed by atoms with Gasteiger partial charge in [0.15, 0.2) is 0 Å². The summed E-state index contributed by atoms with van der Waals surface area (Å²) in [4.78, 5) is 0. The van der Waals surface area contributed by atoms with Crippen molar-refractivity contribution in [2.24, 2.45) is 17.8 Å². The SMILES string of the molecule is CCNC(c1ccccc1C)C1CC(C)CC(C)C1. The van der Waals surface area contributed by atoms with Gasteiger partial charge in [-0.2, -0.15) is 0 Å². The lowest BCUT2D eigenvalue weighted by Crippen LogP contribution is -2.33. The normalized spacial score (nSPS) is 29.2. The highest BCUT2D eigenvalue weighted by Crippen LogP contribution is 2.40. The second kappa shape index (κ2) is 6.56. The molecule has 0 amide bonds. The Kier molecular flexibility index (Phi) is 5.04. The van der Waals surface area contributed by atoms with E-state index < -0.39 is 0 Å². The summed E-state index contributed by atoms with van der Waals surface area (Å²) in [6, 6.07) is 9.43. The summed E-state index contributed by atoms with van der Waals surface area (Å²) in [5, 5.41) is 3.75. The van der Waals surface area contributed by atoms with Gasteiger partial charge in [-0.1, -0.05) is 45.0 Å². The summed E-state index contributed by atoms with van der Waals surface area (Å²) >= 11 is 0. The van der Waals surface area contributed by atoms with Crippen molar-refractivity contribution < 1.29 is 0 Å². The van der Waals surface area contributed by atoms with Crippen molar-refractivity contribution in [2.45, 2.75) is 53.0 Å². The summed E-state index contributed by atoms with van der Waals surface area (Å²) in [6.45, 7) is 10.4.